The van der Waals surface area contributed by atoms with E-state index in [0.29, 0.717) is 18.2 Å². The first-order valence-corrected chi connectivity index (χ1v) is 6.17. The summed E-state index contributed by atoms with van der Waals surface area (Å²) in [6.45, 7) is 6.82. The second-order valence-electron chi connectivity index (χ2n) is 4.26. The lowest BCUT2D eigenvalue weighted by Crippen LogP contribution is -2.27. The summed E-state index contributed by atoms with van der Waals surface area (Å²) in [5, 5.41) is 4.88. The minimum absolute atomic E-state index is 0.0935. The quantitative estimate of drug-likeness (QED) is 0.888. The van der Waals surface area contributed by atoms with Crippen LogP contribution in [0, 0.1) is 12.8 Å². The van der Waals surface area contributed by atoms with Crippen LogP contribution in [0.15, 0.2) is 11.6 Å². The van der Waals surface area contributed by atoms with Crippen molar-refractivity contribution in [3.8, 4) is 0 Å². The molecule has 4 nitrogen and oxygen atoms in total. The number of hydrogen-bond acceptors (Lipinski definition) is 3. The van der Waals surface area contributed by atoms with E-state index in [9.17, 15) is 4.79 Å². The van der Waals surface area contributed by atoms with Crippen LogP contribution >= 0.6 is 11.3 Å². The first kappa shape index (κ1) is 11.1. The maximum absolute atomic E-state index is 11.7. The zero-order valence-corrected chi connectivity index (χ0v) is 10.5. The monoisotopic (exact) mass is 237 g/mol. The number of amides is 1. The van der Waals surface area contributed by atoms with Crippen LogP contribution in [-0.2, 0) is 0 Å². The minimum Gasteiger partial charge on any atom is -0.350 e. The molecule has 0 aliphatic rings. The van der Waals surface area contributed by atoms with E-state index < -0.39 is 0 Å². The van der Waals surface area contributed by atoms with Gasteiger partial charge in [-0.3, -0.25) is 9.20 Å². The Morgan fingerprint density at radius 2 is 2.38 bits per heavy atom. The summed E-state index contributed by atoms with van der Waals surface area (Å²) in [5.74, 6) is 0.360. The average molecular weight is 237 g/mol. The highest BCUT2D eigenvalue weighted by atomic mass is 32.1. The smallest absolute Gasteiger partial charge is 0.271 e. The van der Waals surface area contributed by atoms with Crippen molar-refractivity contribution in [2.45, 2.75) is 20.8 Å². The minimum atomic E-state index is -0.0935. The summed E-state index contributed by atoms with van der Waals surface area (Å²) in [7, 11) is 0. The molecule has 0 unspecified atom stereocenters. The van der Waals surface area contributed by atoms with Gasteiger partial charge < -0.3 is 5.32 Å². The van der Waals surface area contributed by atoms with E-state index in [1.54, 1.807) is 17.5 Å². The average Bonchev–Trinajstić information content (AvgIpc) is 2.78. The summed E-state index contributed by atoms with van der Waals surface area (Å²) in [6.07, 6.45) is 1.79. The highest BCUT2D eigenvalue weighted by Gasteiger charge is 2.12. The van der Waals surface area contributed by atoms with Gasteiger partial charge in [0.1, 0.15) is 5.69 Å². The molecular formula is C11H15N3OS. The van der Waals surface area contributed by atoms with Crippen LogP contribution in [0.25, 0.3) is 4.96 Å². The van der Waals surface area contributed by atoms with E-state index in [1.165, 1.54) is 0 Å². The molecule has 1 N–H and O–H groups in total. The van der Waals surface area contributed by atoms with Crippen LogP contribution in [0.3, 0.4) is 0 Å². The van der Waals surface area contributed by atoms with Crippen molar-refractivity contribution >= 4 is 22.2 Å². The molecule has 0 aliphatic carbocycles. The maximum Gasteiger partial charge on any atom is 0.271 e. The molecule has 2 rings (SSSR count). The standard InChI is InChI=1S/C11H15N3OS/c1-7(2)4-12-10(15)9-5-14-8(3)6-16-11(14)13-9/h5-7H,4H2,1-3H3,(H,12,15). The van der Waals surface area contributed by atoms with Crippen LogP contribution in [-0.4, -0.2) is 21.8 Å². The van der Waals surface area contributed by atoms with E-state index in [1.807, 2.05) is 16.7 Å². The molecule has 0 aliphatic heterocycles. The van der Waals surface area contributed by atoms with Crippen LogP contribution in [0.4, 0.5) is 0 Å². The Bertz CT molecular complexity index is 512. The van der Waals surface area contributed by atoms with Gasteiger partial charge in [0.15, 0.2) is 4.96 Å². The highest BCUT2D eigenvalue weighted by Crippen LogP contribution is 2.15. The van der Waals surface area contributed by atoms with Crippen molar-refractivity contribution in [1.82, 2.24) is 14.7 Å². The summed E-state index contributed by atoms with van der Waals surface area (Å²) in [4.78, 5) is 16.9. The molecule has 5 heteroatoms. The molecule has 0 radical (unpaired) electrons. The van der Waals surface area contributed by atoms with Gasteiger partial charge in [-0.2, -0.15) is 0 Å². The number of hydrogen-bond donors (Lipinski definition) is 1. The topological polar surface area (TPSA) is 46.4 Å². The van der Waals surface area contributed by atoms with E-state index in [0.717, 1.165) is 10.7 Å². The van der Waals surface area contributed by atoms with Crippen LogP contribution in [0.1, 0.15) is 30.0 Å². The molecule has 2 heterocycles. The number of thiazole rings is 1. The lowest BCUT2D eigenvalue weighted by Gasteiger charge is -2.04. The van der Waals surface area contributed by atoms with Crippen molar-refractivity contribution in [1.29, 1.82) is 0 Å². The largest absolute Gasteiger partial charge is 0.350 e. The number of nitrogens with one attached hydrogen (secondary N) is 1. The first-order chi connectivity index (χ1) is 7.58. The van der Waals surface area contributed by atoms with Crippen LogP contribution in [0.2, 0.25) is 0 Å². The molecular weight excluding hydrogens is 222 g/mol. The fourth-order valence-corrected chi connectivity index (χ4v) is 2.24. The Labute approximate surface area is 98.3 Å². The summed E-state index contributed by atoms with van der Waals surface area (Å²) >= 11 is 1.55. The summed E-state index contributed by atoms with van der Waals surface area (Å²) in [5.41, 5.74) is 1.60. The molecule has 1 amide bonds. The number of imidazole rings is 1. The zero-order chi connectivity index (χ0) is 11.7. The molecule has 0 bridgehead atoms. The summed E-state index contributed by atoms with van der Waals surface area (Å²) in [6, 6.07) is 0. The number of rotatable bonds is 3. The van der Waals surface area contributed by atoms with Gasteiger partial charge >= 0.3 is 0 Å². The molecule has 16 heavy (non-hydrogen) atoms. The lowest BCUT2D eigenvalue weighted by atomic mass is 10.2. The second kappa shape index (κ2) is 4.25. The van der Waals surface area contributed by atoms with Gasteiger partial charge in [0.2, 0.25) is 0 Å². The van der Waals surface area contributed by atoms with Gasteiger partial charge in [-0.1, -0.05) is 13.8 Å². The molecule has 0 fully saturated rings. The Balaban J connectivity index is 2.17. The number of fused-ring (bicyclic) bond motifs is 1. The van der Waals surface area contributed by atoms with Crippen LogP contribution < -0.4 is 5.32 Å². The fraction of sp³-hybridized carbons (Fsp3) is 0.455. The molecule has 0 atom stereocenters. The van der Waals surface area contributed by atoms with Crippen molar-refractivity contribution in [3.63, 3.8) is 0 Å². The zero-order valence-electron chi connectivity index (χ0n) is 9.65. The predicted molar refractivity (Wildman–Crippen MR) is 65.0 cm³/mol. The van der Waals surface area contributed by atoms with Crippen molar-refractivity contribution < 1.29 is 4.79 Å². The van der Waals surface area contributed by atoms with Gasteiger partial charge in [0, 0.05) is 23.8 Å². The van der Waals surface area contributed by atoms with Gasteiger partial charge in [-0.25, -0.2) is 4.98 Å². The van der Waals surface area contributed by atoms with Gasteiger partial charge in [0.25, 0.3) is 5.91 Å². The van der Waals surface area contributed by atoms with Crippen molar-refractivity contribution in [2.24, 2.45) is 5.92 Å². The lowest BCUT2D eigenvalue weighted by molar-refractivity contribution is 0.0944. The normalized spacial score (nSPS) is 11.2. The van der Waals surface area contributed by atoms with Crippen LogP contribution in [0.5, 0.6) is 0 Å². The fourth-order valence-electron chi connectivity index (χ4n) is 1.39. The van der Waals surface area contributed by atoms with E-state index >= 15 is 0 Å². The van der Waals surface area contributed by atoms with Gasteiger partial charge in [0.05, 0.1) is 0 Å². The number of aryl methyl sites for hydroxylation is 1. The van der Waals surface area contributed by atoms with Gasteiger partial charge in [-0.05, 0) is 12.8 Å². The Morgan fingerprint density at radius 3 is 3.00 bits per heavy atom. The third kappa shape index (κ3) is 2.09. The van der Waals surface area contributed by atoms with Gasteiger partial charge in [-0.15, -0.1) is 11.3 Å². The molecule has 2 aromatic rings. The second-order valence-corrected chi connectivity index (χ2v) is 5.10. The van der Waals surface area contributed by atoms with E-state index in [4.69, 9.17) is 0 Å². The third-order valence-corrected chi connectivity index (χ3v) is 3.25. The number of nitrogens with zero attached hydrogens (tertiary/aromatic N) is 2. The number of carbonyl (C=O) groups is 1. The molecule has 0 aromatic carbocycles. The maximum atomic E-state index is 11.7. The first-order valence-electron chi connectivity index (χ1n) is 5.29. The number of carbonyl (C=O) groups excluding carboxylic acids is 1. The van der Waals surface area contributed by atoms with E-state index in [-0.39, 0.29) is 5.91 Å². The summed E-state index contributed by atoms with van der Waals surface area (Å²) < 4.78 is 1.94. The molecule has 2 aromatic heterocycles. The number of aromatic nitrogens is 2. The SMILES string of the molecule is Cc1csc2nc(C(=O)NCC(C)C)cn12. The third-order valence-electron chi connectivity index (χ3n) is 2.29. The molecule has 0 saturated heterocycles. The van der Waals surface area contributed by atoms with Crippen molar-refractivity contribution in [2.75, 3.05) is 6.54 Å². The Hall–Kier alpha value is -1.36. The predicted octanol–water partition coefficient (Wildman–Crippen LogP) is 2.09. The van der Waals surface area contributed by atoms with E-state index in [2.05, 4.69) is 24.1 Å². The molecule has 0 spiro atoms. The Morgan fingerprint density at radius 1 is 1.62 bits per heavy atom. The Kier molecular flexibility index (Phi) is 2.96. The van der Waals surface area contributed by atoms with Crippen molar-refractivity contribution in [3.05, 3.63) is 23.0 Å². The highest BCUT2D eigenvalue weighted by molar-refractivity contribution is 7.15. The molecule has 86 valence electrons. The molecule has 0 saturated carbocycles.